The average Bonchev–Trinajstić information content (AvgIpc) is 3.07. The first-order valence-electron chi connectivity index (χ1n) is 8.15. The zero-order valence-corrected chi connectivity index (χ0v) is 12.9. The molecule has 0 saturated carbocycles. The van der Waals surface area contributed by atoms with Gasteiger partial charge in [-0.2, -0.15) is 0 Å². The number of amides is 1. The fourth-order valence-electron chi connectivity index (χ4n) is 3.53. The van der Waals surface area contributed by atoms with Gasteiger partial charge >= 0.3 is 0 Å². The van der Waals surface area contributed by atoms with Gasteiger partial charge < -0.3 is 9.32 Å². The quantitative estimate of drug-likeness (QED) is 0.835. The van der Waals surface area contributed by atoms with Crippen molar-refractivity contribution in [1.82, 2.24) is 14.8 Å². The number of likely N-dealkylation sites (tertiary alicyclic amines) is 2. The van der Waals surface area contributed by atoms with E-state index < -0.39 is 0 Å². The Bertz CT molecular complexity index is 486. The van der Waals surface area contributed by atoms with E-state index in [2.05, 4.69) is 9.88 Å². The summed E-state index contributed by atoms with van der Waals surface area (Å²) in [7, 11) is 0. The Labute approximate surface area is 126 Å². The van der Waals surface area contributed by atoms with Crippen LogP contribution >= 0.6 is 0 Å². The van der Waals surface area contributed by atoms with E-state index in [1.54, 1.807) is 6.26 Å². The fraction of sp³-hybridized carbons (Fsp3) is 0.750. The van der Waals surface area contributed by atoms with Crippen molar-refractivity contribution < 1.29 is 9.21 Å². The maximum absolute atomic E-state index is 11.7. The molecular weight excluding hydrogens is 266 g/mol. The number of aromatic nitrogens is 1. The van der Waals surface area contributed by atoms with E-state index in [4.69, 9.17) is 4.42 Å². The number of carbonyl (C=O) groups is 1. The van der Waals surface area contributed by atoms with Crippen molar-refractivity contribution in [3.05, 3.63) is 17.8 Å². The third kappa shape index (κ3) is 3.64. The van der Waals surface area contributed by atoms with Crippen LogP contribution in [0.2, 0.25) is 0 Å². The van der Waals surface area contributed by atoms with Crippen molar-refractivity contribution in [2.75, 3.05) is 19.6 Å². The van der Waals surface area contributed by atoms with E-state index in [-0.39, 0.29) is 0 Å². The van der Waals surface area contributed by atoms with Gasteiger partial charge in [-0.15, -0.1) is 0 Å². The topological polar surface area (TPSA) is 49.6 Å². The molecule has 1 unspecified atom stereocenters. The Morgan fingerprint density at radius 1 is 1.33 bits per heavy atom. The van der Waals surface area contributed by atoms with Crippen molar-refractivity contribution in [2.24, 2.45) is 0 Å². The summed E-state index contributed by atoms with van der Waals surface area (Å²) >= 11 is 0. The van der Waals surface area contributed by atoms with Crippen molar-refractivity contribution >= 4 is 5.91 Å². The van der Waals surface area contributed by atoms with Crippen LogP contribution in [0.5, 0.6) is 0 Å². The number of rotatable bonds is 5. The lowest BCUT2D eigenvalue weighted by atomic mass is 9.99. The van der Waals surface area contributed by atoms with Crippen molar-refractivity contribution in [2.45, 2.75) is 58.0 Å². The number of aryl methyl sites for hydroxylation is 1. The molecule has 2 fully saturated rings. The second kappa shape index (κ2) is 6.60. The lowest BCUT2D eigenvalue weighted by Gasteiger charge is -2.36. The monoisotopic (exact) mass is 291 g/mol. The highest BCUT2D eigenvalue weighted by atomic mass is 16.3. The molecule has 2 saturated heterocycles. The largest absolute Gasteiger partial charge is 0.449 e. The Balaban J connectivity index is 1.55. The maximum Gasteiger partial charge on any atom is 0.222 e. The summed E-state index contributed by atoms with van der Waals surface area (Å²) in [4.78, 5) is 20.7. The van der Waals surface area contributed by atoms with Crippen LogP contribution in [0.15, 0.2) is 10.7 Å². The van der Waals surface area contributed by atoms with Crippen LogP contribution in [0.3, 0.4) is 0 Å². The van der Waals surface area contributed by atoms with Gasteiger partial charge in [-0.3, -0.25) is 9.69 Å². The molecule has 21 heavy (non-hydrogen) atoms. The highest BCUT2D eigenvalue weighted by molar-refractivity contribution is 5.77. The summed E-state index contributed by atoms with van der Waals surface area (Å²) in [6, 6.07) is 0.573. The summed E-state index contributed by atoms with van der Waals surface area (Å²) < 4.78 is 5.31. The summed E-state index contributed by atoms with van der Waals surface area (Å²) in [6.07, 6.45) is 8.42. The molecule has 0 radical (unpaired) electrons. The lowest BCUT2D eigenvalue weighted by molar-refractivity contribution is -0.127. The molecule has 2 aliphatic heterocycles. The van der Waals surface area contributed by atoms with Crippen LogP contribution in [-0.2, 0) is 11.3 Å². The average molecular weight is 291 g/mol. The predicted molar refractivity (Wildman–Crippen MR) is 79.7 cm³/mol. The summed E-state index contributed by atoms with van der Waals surface area (Å²) in [5.41, 5.74) is 1.02. The van der Waals surface area contributed by atoms with E-state index in [9.17, 15) is 4.79 Å². The minimum atomic E-state index is 0.337. The molecule has 0 bridgehead atoms. The highest BCUT2D eigenvalue weighted by Gasteiger charge is 2.26. The molecule has 1 aromatic heterocycles. The van der Waals surface area contributed by atoms with E-state index in [0.717, 1.165) is 57.0 Å². The Morgan fingerprint density at radius 3 is 2.95 bits per heavy atom. The first-order chi connectivity index (χ1) is 10.2. The van der Waals surface area contributed by atoms with Gasteiger partial charge in [0.2, 0.25) is 5.91 Å². The molecule has 3 rings (SSSR count). The van der Waals surface area contributed by atoms with Crippen molar-refractivity contribution in [3.63, 3.8) is 0 Å². The van der Waals surface area contributed by atoms with Gasteiger partial charge in [0.25, 0.3) is 0 Å². The van der Waals surface area contributed by atoms with E-state index in [1.165, 1.54) is 19.3 Å². The standard InChI is InChI=1S/C16H25N3O2/c1-13-17-14(12-21-13)11-19-8-3-2-5-15(19)7-10-18-9-4-6-16(18)20/h12,15H,2-11H2,1H3. The van der Waals surface area contributed by atoms with Crippen LogP contribution in [0, 0.1) is 6.92 Å². The first-order valence-corrected chi connectivity index (χ1v) is 8.15. The normalized spacial score (nSPS) is 24.0. The molecular formula is C16H25N3O2. The number of nitrogens with zero attached hydrogens (tertiary/aromatic N) is 3. The van der Waals surface area contributed by atoms with E-state index in [1.807, 2.05) is 11.8 Å². The molecule has 5 nitrogen and oxygen atoms in total. The predicted octanol–water partition coefficient (Wildman–Crippen LogP) is 2.35. The van der Waals surface area contributed by atoms with Crippen LogP contribution in [0.4, 0.5) is 0 Å². The summed E-state index contributed by atoms with van der Waals surface area (Å²) in [5.74, 6) is 1.07. The van der Waals surface area contributed by atoms with Crippen LogP contribution in [0.25, 0.3) is 0 Å². The summed E-state index contributed by atoms with van der Waals surface area (Å²) in [6.45, 7) is 5.75. The number of carbonyl (C=O) groups excluding carboxylic acids is 1. The molecule has 0 spiro atoms. The summed E-state index contributed by atoms with van der Waals surface area (Å²) in [5, 5.41) is 0. The van der Waals surface area contributed by atoms with Gasteiger partial charge in [0, 0.05) is 39.0 Å². The van der Waals surface area contributed by atoms with Gasteiger partial charge in [-0.1, -0.05) is 6.42 Å². The van der Waals surface area contributed by atoms with Crippen LogP contribution in [-0.4, -0.2) is 46.4 Å². The number of oxazole rings is 1. The molecule has 2 aliphatic rings. The van der Waals surface area contributed by atoms with Crippen LogP contribution < -0.4 is 0 Å². The third-order valence-electron chi connectivity index (χ3n) is 4.68. The van der Waals surface area contributed by atoms with E-state index >= 15 is 0 Å². The van der Waals surface area contributed by atoms with Crippen LogP contribution in [0.1, 0.15) is 50.1 Å². The molecule has 0 N–H and O–H groups in total. The molecule has 0 aromatic carbocycles. The second-order valence-corrected chi connectivity index (χ2v) is 6.25. The molecule has 5 heteroatoms. The number of hydrogen-bond donors (Lipinski definition) is 0. The second-order valence-electron chi connectivity index (χ2n) is 6.25. The maximum atomic E-state index is 11.7. The molecule has 3 heterocycles. The van der Waals surface area contributed by atoms with Gasteiger partial charge in [-0.05, 0) is 32.2 Å². The molecule has 1 atom stereocenters. The molecule has 1 aromatic rings. The smallest absolute Gasteiger partial charge is 0.222 e. The first kappa shape index (κ1) is 14.6. The molecule has 1 amide bonds. The minimum absolute atomic E-state index is 0.337. The molecule has 0 aliphatic carbocycles. The number of piperidine rings is 1. The number of hydrogen-bond acceptors (Lipinski definition) is 4. The SMILES string of the molecule is Cc1nc(CN2CCCCC2CCN2CCCC2=O)co1. The highest BCUT2D eigenvalue weighted by Crippen LogP contribution is 2.23. The van der Waals surface area contributed by atoms with Gasteiger partial charge in [0.1, 0.15) is 6.26 Å². The van der Waals surface area contributed by atoms with Gasteiger partial charge in [0.05, 0.1) is 5.69 Å². The third-order valence-corrected chi connectivity index (χ3v) is 4.68. The Kier molecular flexibility index (Phi) is 4.58. The Hall–Kier alpha value is -1.36. The fourth-order valence-corrected chi connectivity index (χ4v) is 3.53. The zero-order chi connectivity index (χ0) is 14.7. The van der Waals surface area contributed by atoms with Crippen molar-refractivity contribution in [1.29, 1.82) is 0 Å². The Morgan fingerprint density at radius 2 is 2.24 bits per heavy atom. The minimum Gasteiger partial charge on any atom is -0.449 e. The van der Waals surface area contributed by atoms with E-state index in [0.29, 0.717) is 11.9 Å². The van der Waals surface area contributed by atoms with Gasteiger partial charge in [-0.25, -0.2) is 4.98 Å². The van der Waals surface area contributed by atoms with Crippen molar-refractivity contribution in [3.8, 4) is 0 Å². The zero-order valence-electron chi connectivity index (χ0n) is 12.9. The van der Waals surface area contributed by atoms with Gasteiger partial charge in [0.15, 0.2) is 5.89 Å². The molecule has 116 valence electrons. The lowest BCUT2D eigenvalue weighted by Crippen LogP contribution is -2.41.